The van der Waals surface area contributed by atoms with Gasteiger partial charge in [-0.1, -0.05) is 22.0 Å². The van der Waals surface area contributed by atoms with Crippen LogP contribution in [0.5, 0.6) is 11.5 Å². The molecule has 0 heterocycles. The Kier molecular flexibility index (Phi) is 7.94. The fourth-order valence-electron chi connectivity index (χ4n) is 2.12. The van der Waals surface area contributed by atoms with E-state index in [1.807, 2.05) is 0 Å². The molecule has 2 N–H and O–H groups in total. The van der Waals surface area contributed by atoms with Gasteiger partial charge in [-0.25, -0.2) is 0 Å². The Labute approximate surface area is 168 Å². The first-order valence-electron chi connectivity index (χ1n) is 8.01. The summed E-state index contributed by atoms with van der Waals surface area (Å²) in [4.78, 5) is 23.7. The minimum atomic E-state index is -2.97. The van der Waals surface area contributed by atoms with E-state index in [0.29, 0.717) is 11.3 Å². The lowest BCUT2D eigenvalue weighted by molar-refractivity contribution is -0.121. The predicted octanol–water partition coefficient (Wildman–Crippen LogP) is 3.83. The van der Waals surface area contributed by atoms with Gasteiger partial charge in [-0.2, -0.15) is 8.78 Å². The smallest absolute Gasteiger partial charge is 0.387 e. The maximum absolute atomic E-state index is 12.3. The van der Waals surface area contributed by atoms with Gasteiger partial charge in [0.15, 0.2) is 11.5 Å². The molecular formula is C19H17BrF2N2O4. The monoisotopic (exact) mass is 454 g/mol. The minimum Gasteiger partial charge on any atom is -0.493 e. The molecule has 0 aliphatic rings. The molecule has 2 rings (SSSR count). The number of alkyl halides is 2. The highest BCUT2D eigenvalue weighted by Gasteiger charge is 2.10. The van der Waals surface area contributed by atoms with Crippen LogP contribution in [-0.4, -0.2) is 32.1 Å². The predicted molar refractivity (Wildman–Crippen MR) is 104 cm³/mol. The van der Waals surface area contributed by atoms with E-state index in [2.05, 4.69) is 31.3 Å². The van der Waals surface area contributed by atoms with Gasteiger partial charge in [-0.15, -0.1) is 0 Å². The molecule has 2 aromatic rings. The second-order valence-corrected chi connectivity index (χ2v) is 6.31. The van der Waals surface area contributed by atoms with Gasteiger partial charge in [0.05, 0.1) is 13.7 Å². The van der Waals surface area contributed by atoms with Crippen molar-refractivity contribution in [1.29, 1.82) is 0 Å². The van der Waals surface area contributed by atoms with Crippen LogP contribution in [-0.2, 0) is 9.59 Å². The standard InChI is InChI=1S/C19H17BrF2N2O4/c1-27-16-10-12(2-8-15(16)28-19(21)22)3-9-17(25)23-11-18(26)24-14-6-4-13(20)5-7-14/h2-10,19H,11H2,1H3,(H,23,25)(H,24,26). The number of methoxy groups -OCH3 is 1. The van der Waals surface area contributed by atoms with Crippen molar-refractivity contribution >= 4 is 39.5 Å². The summed E-state index contributed by atoms with van der Waals surface area (Å²) in [7, 11) is 1.32. The summed E-state index contributed by atoms with van der Waals surface area (Å²) in [5.41, 5.74) is 1.14. The van der Waals surface area contributed by atoms with E-state index in [4.69, 9.17) is 4.74 Å². The van der Waals surface area contributed by atoms with Crippen LogP contribution < -0.4 is 20.1 Å². The fraction of sp³-hybridized carbons (Fsp3) is 0.158. The van der Waals surface area contributed by atoms with Crippen LogP contribution in [0.4, 0.5) is 14.5 Å². The van der Waals surface area contributed by atoms with Crippen molar-refractivity contribution in [2.24, 2.45) is 0 Å². The van der Waals surface area contributed by atoms with Gasteiger partial charge >= 0.3 is 6.61 Å². The van der Waals surface area contributed by atoms with Crippen LogP contribution in [0.25, 0.3) is 6.08 Å². The van der Waals surface area contributed by atoms with E-state index in [9.17, 15) is 18.4 Å². The first-order valence-corrected chi connectivity index (χ1v) is 8.81. The molecule has 0 bridgehead atoms. The zero-order chi connectivity index (χ0) is 20.5. The van der Waals surface area contributed by atoms with Crippen LogP contribution in [0, 0.1) is 0 Å². The summed E-state index contributed by atoms with van der Waals surface area (Å²) in [5, 5.41) is 5.09. The van der Waals surface area contributed by atoms with Crippen LogP contribution in [0.15, 0.2) is 53.0 Å². The molecule has 28 heavy (non-hydrogen) atoms. The zero-order valence-electron chi connectivity index (χ0n) is 14.7. The highest BCUT2D eigenvalue weighted by molar-refractivity contribution is 9.10. The molecule has 0 unspecified atom stereocenters. The van der Waals surface area contributed by atoms with Gasteiger partial charge in [0.1, 0.15) is 0 Å². The van der Waals surface area contributed by atoms with Crippen LogP contribution >= 0.6 is 15.9 Å². The van der Waals surface area contributed by atoms with E-state index in [1.54, 1.807) is 24.3 Å². The van der Waals surface area contributed by atoms with E-state index in [0.717, 1.165) is 4.47 Å². The summed E-state index contributed by atoms with van der Waals surface area (Å²) >= 11 is 3.30. The minimum absolute atomic E-state index is 0.108. The third-order valence-electron chi connectivity index (χ3n) is 3.38. The molecule has 2 amide bonds. The highest BCUT2D eigenvalue weighted by Crippen LogP contribution is 2.29. The number of nitrogens with one attached hydrogen (secondary N) is 2. The summed E-state index contributed by atoms with van der Waals surface area (Å²) in [6.45, 7) is -3.17. The molecule has 0 aliphatic carbocycles. The van der Waals surface area contributed by atoms with Crippen LogP contribution in [0.3, 0.4) is 0 Å². The molecule has 0 atom stereocenters. The quantitative estimate of drug-likeness (QED) is 0.594. The SMILES string of the molecule is COc1cc(C=CC(=O)NCC(=O)Nc2ccc(Br)cc2)ccc1OC(F)F. The molecule has 2 aromatic carbocycles. The van der Waals surface area contributed by atoms with Gasteiger partial charge in [0.25, 0.3) is 0 Å². The van der Waals surface area contributed by atoms with E-state index < -0.39 is 12.5 Å². The molecule has 6 nitrogen and oxygen atoms in total. The largest absolute Gasteiger partial charge is 0.493 e. The number of ether oxygens (including phenoxy) is 2. The summed E-state index contributed by atoms with van der Waals surface area (Å²) in [5.74, 6) is -0.863. The van der Waals surface area contributed by atoms with Crippen molar-refractivity contribution in [3.05, 3.63) is 58.6 Å². The number of anilines is 1. The average Bonchev–Trinajstić information content (AvgIpc) is 2.67. The van der Waals surface area contributed by atoms with Gasteiger partial charge in [0, 0.05) is 16.2 Å². The lowest BCUT2D eigenvalue weighted by Crippen LogP contribution is -2.31. The van der Waals surface area contributed by atoms with Crippen molar-refractivity contribution in [3.63, 3.8) is 0 Å². The molecule has 0 saturated heterocycles. The molecule has 9 heteroatoms. The zero-order valence-corrected chi connectivity index (χ0v) is 16.3. The van der Waals surface area contributed by atoms with Crippen molar-refractivity contribution in [2.45, 2.75) is 6.61 Å². The molecule has 0 radical (unpaired) electrons. The fourth-order valence-corrected chi connectivity index (χ4v) is 2.38. The Morgan fingerprint density at radius 1 is 1.14 bits per heavy atom. The number of benzene rings is 2. The molecule has 0 fully saturated rings. The van der Waals surface area contributed by atoms with Crippen molar-refractivity contribution in [1.82, 2.24) is 5.32 Å². The maximum atomic E-state index is 12.3. The average molecular weight is 455 g/mol. The second-order valence-electron chi connectivity index (χ2n) is 5.40. The third-order valence-corrected chi connectivity index (χ3v) is 3.91. The number of rotatable bonds is 8. The number of hydrogen-bond donors (Lipinski definition) is 2. The summed E-state index contributed by atoms with van der Waals surface area (Å²) < 4.78 is 34.8. The van der Waals surface area contributed by atoms with E-state index >= 15 is 0 Å². The Bertz CT molecular complexity index is 858. The highest BCUT2D eigenvalue weighted by atomic mass is 79.9. The molecule has 0 aromatic heterocycles. The normalized spacial score (nSPS) is 10.8. The maximum Gasteiger partial charge on any atom is 0.387 e. The van der Waals surface area contributed by atoms with Crippen molar-refractivity contribution < 1.29 is 27.8 Å². The Balaban J connectivity index is 1.87. The van der Waals surface area contributed by atoms with Crippen molar-refractivity contribution in [2.75, 3.05) is 19.0 Å². The number of amides is 2. The summed E-state index contributed by atoms with van der Waals surface area (Å²) in [6.07, 6.45) is 2.67. The number of carbonyl (C=O) groups excluding carboxylic acids is 2. The number of carbonyl (C=O) groups is 2. The van der Waals surface area contributed by atoms with Gasteiger partial charge in [0.2, 0.25) is 11.8 Å². The van der Waals surface area contributed by atoms with Crippen LogP contribution in [0.2, 0.25) is 0 Å². The van der Waals surface area contributed by atoms with Crippen LogP contribution in [0.1, 0.15) is 5.56 Å². The van der Waals surface area contributed by atoms with Gasteiger partial charge in [-0.05, 0) is 48.0 Å². The topological polar surface area (TPSA) is 76.7 Å². The Morgan fingerprint density at radius 2 is 1.86 bits per heavy atom. The molecule has 0 aliphatic heterocycles. The Morgan fingerprint density at radius 3 is 2.50 bits per heavy atom. The van der Waals surface area contributed by atoms with Crippen molar-refractivity contribution in [3.8, 4) is 11.5 Å². The Hall–Kier alpha value is -2.94. The van der Waals surface area contributed by atoms with E-state index in [-0.39, 0.29) is 24.0 Å². The lowest BCUT2D eigenvalue weighted by Gasteiger charge is -2.10. The summed E-state index contributed by atoms with van der Waals surface area (Å²) in [6, 6.07) is 11.3. The van der Waals surface area contributed by atoms with Gasteiger partial charge in [-0.3, -0.25) is 9.59 Å². The van der Waals surface area contributed by atoms with E-state index in [1.165, 1.54) is 37.5 Å². The molecule has 148 valence electrons. The lowest BCUT2D eigenvalue weighted by atomic mass is 10.2. The molecule has 0 saturated carbocycles. The number of halogens is 3. The second kappa shape index (κ2) is 10.4. The number of hydrogen-bond acceptors (Lipinski definition) is 4. The first-order chi connectivity index (χ1) is 13.4. The van der Waals surface area contributed by atoms with Gasteiger partial charge < -0.3 is 20.1 Å². The molecular weight excluding hydrogens is 438 g/mol. The third kappa shape index (κ3) is 6.99. The first kappa shape index (κ1) is 21.4. The molecule has 0 spiro atoms.